The van der Waals surface area contributed by atoms with Gasteiger partial charge in [-0.2, -0.15) is 0 Å². The highest BCUT2D eigenvalue weighted by molar-refractivity contribution is 5.43. The van der Waals surface area contributed by atoms with Crippen LogP contribution < -0.4 is 0 Å². The molecule has 2 rings (SSSR count). The third-order valence-corrected chi connectivity index (χ3v) is 4.03. The highest BCUT2D eigenvalue weighted by Gasteiger charge is 2.16. The van der Waals surface area contributed by atoms with Crippen LogP contribution in [0.2, 0.25) is 0 Å². The van der Waals surface area contributed by atoms with E-state index in [1.165, 1.54) is 5.56 Å². The summed E-state index contributed by atoms with van der Waals surface area (Å²) in [5.41, 5.74) is 2.46. The van der Waals surface area contributed by atoms with E-state index in [1.54, 1.807) is 6.07 Å². The van der Waals surface area contributed by atoms with E-state index in [0.717, 1.165) is 18.4 Å². The number of hydrogen-bond donors (Lipinski definition) is 1. The smallest absolute Gasteiger partial charge is 0.119 e. The van der Waals surface area contributed by atoms with Crippen molar-refractivity contribution in [3.63, 3.8) is 0 Å². The number of phenols is 1. The Morgan fingerprint density at radius 1 is 0.762 bits per heavy atom. The van der Waals surface area contributed by atoms with Crippen molar-refractivity contribution in [2.75, 3.05) is 0 Å². The molecule has 1 nitrogen and oxygen atoms in total. The molecule has 2 aromatic carbocycles. The lowest BCUT2D eigenvalue weighted by atomic mass is 9.86. The average molecular weight is 284 g/mol. The second-order valence-electron chi connectivity index (χ2n) is 5.55. The third kappa shape index (κ3) is 5.26. The summed E-state index contributed by atoms with van der Waals surface area (Å²) in [5, 5.41) is 9.94. The maximum atomic E-state index is 9.94. The van der Waals surface area contributed by atoms with E-state index in [4.69, 9.17) is 0 Å². The van der Waals surface area contributed by atoms with E-state index >= 15 is 0 Å². The number of phenolic OH excluding ortho intramolecular Hbond substituents is 1. The molecule has 21 heavy (non-hydrogen) atoms. The first-order valence-corrected chi connectivity index (χ1v) is 7.93. The molecule has 0 amide bonds. The number of aromatic hydroxyl groups is 1. The van der Waals surface area contributed by atoms with Crippen LogP contribution in [0, 0.1) is 0 Å². The van der Waals surface area contributed by atoms with Gasteiger partial charge in [-0.15, -0.1) is 0 Å². The molecule has 0 heterocycles. The topological polar surface area (TPSA) is 20.2 Å². The fourth-order valence-corrected chi connectivity index (χ4v) is 2.35. The first-order chi connectivity index (χ1) is 10.1. The van der Waals surface area contributed by atoms with E-state index in [2.05, 4.69) is 33.8 Å². The zero-order valence-electron chi connectivity index (χ0n) is 13.7. The fourth-order valence-electron chi connectivity index (χ4n) is 2.35. The van der Waals surface area contributed by atoms with Crippen LogP contribution in [-0.2, 0) is 0 Å². The van der Waals surface area contributed by atoms with E-state index < -0.39 is 0 Å². The Morgan fingerprint density at radius 3 is 1.67 bits per heavy atom. The highest BCUT2D eigenvalue weighted by Crippen LogP contribution is 2.35. The number of rotatable bonds is 4. The molecule has 0 bridgehead atoms. The fraction of sp³-hybridized carbons (Fsp3) is 0.400. The van der Waals surface area contributed by atoms with Crippen LogP contribution in [0.3, 0.4) is 0 Å². The predicted molar refractivity (Wildman–Crippen MR) is 92.0 cm³/mol. The summed E-state index contributed by atoms with van der Waals surface area (Å²) in [4.78, 5) is 0. The monoisotopic (exact) mass is 284 g/mol. The minimum Gasteiger partial charge on any atom is -0.508 e. The molecular formula is C20H28O. The van der Waals surface area contributed by atoms with Crippen LogP contribution in [0.1, 0.15) is 63.5 Å². The van der Waals surface area contributed by atoms with Gasteiger partial charge in [0.05, 0.1) is 0 Å². The van der Waals surface area contributed by atoms with Gasteiger partial charge in [-0.05, 0) is 36.3 Å². The van der Waals surface area contributed by atoms with Gasteiger partial charge >= 0.3 is 0 Å². The van der Waals surface area contributed by atoms with Gasteiger partial charge in [0.25, 0.3) is 0 Å². The first kappa shape index (κ1) is 17.3. The largest absolute Gasteiger partial charge is 0.508 e. The number of benzene rings is 2. The van der Waals surface area contributed by atoms with Crippen molar-refractivity contribution in [3.05, 3.63) is 65.7 Å². The molecule has 1 heteroatoms. The zero-order valence-corrected chi connectivity index (χ0v) is 13.7. The summed E-state index contributed by atoms with van der Waals surface area (Å²) in [7, 11) is 0. The molecule has 0 aromatic heterocycles. The van der Waals surface area contributed by atoms with Crippen molar-refractivity contribution in [1.82, 2.24) is 0 Å². The van der Waals surface area contributed by atoms with Crippen molar-refractivity contribution in [3.8, 4) is 5.75 Å². The molecule has 0 aliphatic carbocycles. The van der Waals surface area contributed by atoms with Gasteiger partial charge in [-0.1, -0.05) is 76.2 Å². The Balaban J connectivity index is 0.000000304. The minimum absolute atomic E-state index is 0.440. The lowest BCUT2D eigenvalue weighted by Gasteiger charge is -2.20. The van der Waals surface area contributed by atoms with Gasteiger partial charge in [0.1, 0.15) is 5.75 Å². The Kier molecular flexibility index (Phi) is 7.60. The van der Waals surface area contributed by atoms with Crippen LogP contribution in [0.25, 0.3) is 0 Å². The molecule has 0 spiro atoms. The summed E-state index contributed by atoms with van der Waals surface area (Å²) in [6.07, 6.45) is 2.19. The van der Waals surface area contributed by atoms with Gasteiger partial charge in [0.15, 0.2) is 0 Å². The summed E-state index contributed by atoms with van der Waals surface area (Å²) in [5.74, 6) is 1.43. The lowest BCUT2D eigenvalue weighted by molar-refractivity contribution is 0.458. The van der Waals surface area contributed by atoms with Gasteiger partial charge in [-0.25, -0.2) is 0 Å². The van der Waals surface area contributed by atoms with Gasteiger partial charge in [0, 0.05) is 5.56 Å². The quantitative estimate of drug-likeness (QED) is 0.718. The molecule has 0 aliphatic heterocycles. The van der Waals surface area contributed by atoms with E-state index in [-0.39, 0.29) is 0 Å². The first-order valence-electron chi connectivity index (χ1n) is 7.93. The molecule has 2 atom stereocenters. The van der Waals surface area contributed by atoms with Crippen LogP contribution in [0.15, 0.2) is 54.6 Å². The van der Waals surface area contributed by atoms with Crippen molar-refractivity contribution in [2.24, 2.45) is 0 Å². The van der Waals surface area contributed by atoms with E-state index in [0.29, 0.717) is 17.6 Å². The second-order valence-corrected chi connectivity index (χ2v) is 5.55. The van der Waals surface area contributed by atoms with Crippen molar-refractivity contribution in [2.45, 2.75) is 52.4 Å². The second kappa shape index (κ2) is 9.23. The number of hydrogen-bond acceptors (Lipinski definition) is 1. The molecule has 114 valence electrons. The Labute approximate surface area is 129 Å². The van der Waals surface area contributed by atoms with Gasteiger partial charge in [0.2, 0.25) is 0 Å². The van der Waals surface area contributed by atoms with Crippen molar-refractivity contribution in [1.29, 1.82) is 0 Å². The maximum absolute atomic E-state index is 9.94. The summed E-state index contributed by atoms with van der Waals surface area (Å²) in [6, 6.07) is 17.9. The molecule has 2 aromatic rings. The Hall–Kier alpha value is -1.76. The molecule has 0 saturated heterocycles. The standard InChI is InChI=1S/C14H22O.C6H6/c1-5-10(3)12-8-7-9-13(15)14(12)11(4)6-2;1-2-4-6-5-3-1/h7-11,15H,5-6H2,1-4H3;1-6H. The minimum atomic E-state index is 0.440. The third-order valence-electron chi connectivity index (χ3n) is 4.03. The van der Waals surface area contributed by atoms with E-state index in [9.17, 15) is 5.11 Å². The zero-order chi connectivity index (χ0) is 15.7. The van der Waals surface area contributed by atoms with Crippen molar-refractivity contribution >= 4 is 0 Å². The van der Waals surface area contributed by atoms with Crippen LogP contribution in [0.5, 0.6) is 5.75 Å². The van der Waals surface area contributed by atoms with E-state index in [1.807, 2.05) is 42.5 Å². The predicted octanol–water partition coefficient (Wildman–Crippen LogP) is 6.11. The Bertz CT molecular complexity index is 478. The normalized spacial score (nSPS) is 13.0. The summed E-state index contributed by atoms with van der Waals surface area (Å²) >= 11 is 0. The van der Waals surface area contributed by atoms with Crippen LogP contribution >= 0.6 is 0 Å². The van der Waals surface area contributed by atoms with Crippen LogP contribution in [-0.4, -0.2) is 5.11 Å². The summed E-state index contributed by atoms with van der Waals surface area (Å²) in [6.45, 7) is 8.76. The highest BCUT2D eigenvalue weighted by atomic mass is 16.3. The molecule has 1 N–H and O–H groups in total. The molecular weight excluding hydrogens is 256 g/mol. The molecule has 0 fully saturated rings. The van der Waals surface area contributed by atoms with Gasteiger partial charge in [-0.3, -0.25) is 0 Å². The Morgan fingerprint density at radius 2 is 1.24 bits per heavy atom. The molecule has 0 saturated carbocycles. The molecule has 0 aliphatic rings. The average Bonchev–Trinajstić information content (AvgIpc) is 2.55. The van der Waals surface area contributed by atoms with Crippen LogP contribution in [0.4, 0.5) is 0 Å². The van der Waals surface area contributed by atoms with Gasteiger partial charge < -0.3 is 5.11 Å². The SMILES string of the molecule is CCC(C)c1cccc(O)c1C(C)CC.c1ccccc1. The molecule has 0 radical (unpaired) electrons. The lowest BCUT2D eigenvalue weighted by Crippen LogP contribution is -2.02. The maximum Gasteiger partial charge on any atom is 0.119 e. The summed E-state index contributed by atoms with van der Waals surface area (Å²) < 4.78 is 0. The van der Waals surface area contributed by atoms with Crippen molar-refractivity contribution < 1.29 is 5.11 Å². The molecule has 2 unspecified atom stereocenters.